The summed E-state index contributed by atoms with van der Waals surface area (Å²) in [6.45, 7) is 10.5. The number of carbonyl (C=O) groups is 2. The van der Waals surface area contributed by atoms with Gasteiger partial charge in [-0.05, 0) is 34.7 Å². The molecule has 0 aromatic carbocycles. The van der Waals surface area contributed by atoms with E-state index in [2.05, 4.69) is 4.90 Å². The van der Waals surface area contributed by atoms with E-state index in [1.807, 2.05) is 39.6 Å². The summed E-state index contributed by atoms with van der Waals surface area (Å²) in [6, 6.07) is 0.0929. The molecule has 20 heavy (non-hydrogen) atoms. The maximum absolute atomic E-state index is 12.7. The van der Waals surface area contributed by atoms with Crippen LogP contribution in [0.15, 0.2) is 0 Å². The molecule has 0 aromatic heterocycles. The fraction of sp³-hybridized carbons (Fsp3) is 0.857. The van der Waals surface area contributed by atoms with Crippen LogP contribution in [0.5, 0.6) is 0 Å². The number of carboxylic acids is 1. The van der Waals surface area contributed by atoms with Gasteiger partial charge in [0.15, 0.2) is 0 Å². The number of hydrogen-bond acceptors (Lipinski definition) is 3. The van der Waals surface area contributed by atoms with Gasteiger partial charge < -0.3 is 19.8 Å². The summed E-state index contributed by atoms with van der Waals surface area (Å²) in [6.07, 6.45) is -0.0227. The first-order chi connectivity index (χ1) is 9.12. The number of hydrogen-bond donors (Lipinski definition) is 1. The van der Waals surface area contributed by atoms with Crippen LogP contribution in [0.2, 0.25) is 0 Å². The summed E-state index contributed by atoms with van der Waals surface area (Å²) in [4.78, 5) is 29.2. The molecule has 1 N–H and O–H groups in total. The summed E-state index contributed by atoms with van der Waals surface area (Å²) in [7, 11) is 2.05. The van der Waals surface area contributed by atoms with Gasteiger partial charge in [0.2, 0.25) is 0 Å². The van der Waals surface area contributed by atoms with Crippen molar-refractivity contribution >= 4 is 12.0 Å². The first-order valence-electron chi connectivity index (χ1n) is 7.11. The van der Waals surface area contributed by atoms with Gasteiger partial charge >= 0.3 is 12.0 Å². The summed E-state index contributed by atoms with van der Waals surface area (Å²) < 4.78 is 0. The van der Waals surface area contributed by atoms with Crippen molar-refractivity contribution in [3.05, 3.63) is 0 Å². The molecule has 0 aliphatic carbocycles. The van der Waals surface area contributed by atoms with Gasteiger partial charge in [0.25, 0.3) is 0 Å². The van der Waals surface area contributed by atoms with Crippen LogP contribution < -0.4 is 0 Å². The van der Waals surface area contributed by atoms with Crippen LogP contribution in [0.1, 0.15) is 34.1 Å². The summed E-state index contributed by atoms with van der Waals surface area (Å²) >= 11 is 0. The molecule has 1 aliphatic rings. The van der Waals surface area contributed by atoms with E-state index in [1.165, 1.54) is 0 Å². The summed E-state index contributed by atoms with van der Waals surface area (Å²) in [5.74, 6) is -0.876. The number of urea groups is 1. The Morgan fingerprint density at radius 1 is 1.30 bits per heavy atom. The number of carboxylic acid groups (broad SMARTS) is 1. The van der Waals surface area contributed by atoms with E-state index in [-0.39, 0.29) is 30.6 Å². The van der Waals surface area contributed by atoms with Gasteiger partial charge in [-0.15, -0.1) is 0 Å². The number of aliphatic carboxylic acids is 1. The topological polar surface area (TPSA) is 64.1 Å². The van der Waals surface area contributed by atoms with E-state index in [0.717, 1.165) is 13.1 Å². The second kappa shape index (κ2) is 6.43. The Labute approximate surface area is 121 Å². The molecule has 1 saturated heterocycles. The van der Waals surface area contributed by atoms with Gasteiger partial charge in [-0.1, -0.05) is 0 Å². The average Bonchev–Trinajstić information content (AvgIpc) is 2.26. The van der Waals surface area contributed by atoms with Crippen LogP contribution in [-0.2, 0) is 4.79 Å². The highest BCUT2D eigenvalue weighted by Crippen LogP contribution is 2.19. The highest BCUT2D eigenvalue weighted by Gasteiger charge is 2.34. The lowest BCUT2D eigenvalue weighted by Crippen LogP contribution is -2.59. The standard InChI is InChI=1S/C14H27N3O3/c1-11-10-15(5)8-9-16(11)13(20)17(14(2,3)4)7-6-12(18)19/h11H,6-10H2,1-5H3,(H,18,19). The Kier molecular flexibility index (Phi) is 5.39. The molecule has 1 fully saturated rings. The molecule has 1 unspecified atom stereocenters. The van der Waals surface area contributed by atoms with E-state index in [9.17, 15) is 9.59 Å². The third-order valence-electron chi connectivity index (χ3n) is 3.67. The van der Waals surface area contributed by atoms with Gasteiger partial charge in [0.05, 0.1) is 6.42 Å². The Hall–Kier alpha value is -1.30. The quantitative estimate of drug-likeness (QED) is 0.849. The molecular formula is C14H27N3O3. The minimum absolute atomic E-state index is 0.0227. The van der Waals surface area contributed by atoms with Crippen molar-refractivity contribution < 1.29 is 14.7 Å². The van der Waals surface area contributed by atoms with Gasteiger partial charge in [-0.25, -0.2) is 4.79 Å². The first-order valence-corrected chi connectivity index (χ1v) is 7.11. The lowest BCUT2D eigenvalue weighted by atomic mass is 10.1. The number of carbonyl (C=O) groups excluding carboxylic acids is 1. The molecule has 0 aromatic rings. The van der Waals surface area contributed by atoms with Crippen LogP contribution in [0.3, 0.4) is 0 Å². The molecule has 1 heterocycles. The van der Waals surface area contributed by atoms with Crippen LogP contribution >= 0.6 is 0 Å². The van der Waals surface area contributed by atoms with Crippen molar-refractivity contribution in [3.63, 3.8) is 0 Å². The highest BCUT2D eigenvalue weighted by molar-refractivity contribution is 5.76. The zero-order valence-corrected chi connectivity index (χ0v) is 13.2. The van der Waals surface area contributed by atoms with Gasteiger partial charge in [0, 0.05) is 37.8 Å². The summed E-state index contributed by atoms with van der Waals surface area (Å²) in [5.41, 5.74) is -0.379. The van der Waals surface area contributed by atoms with E-state index < -0.39 is 5.97 Å². The predicted octanol–water partition coefficient (Wildman–Crippen LogP) is 1.32. The molecular weight excluding hydrogens is 258 g/mol. The van der Waals surface area contributed by atoms with E-state index >= 15 is 0 Å². The van der Waals surface area contributed by atoms with Crippen molar-refractivity contribution in [1.82, 2.24) is 14.7 Å². The van der Waals surface area contributed by atoms with E-state index in [4.69, 9.17) is 5.11 Å². The van der Waals surface area contributed by atoms with E-state index in [0.29, 0.717) is 6.54 Å². The zero-order valence-electron chi connectivity index (χ0n) is 13.2. The number of likely N-dealkylation sites (N-methyl/N-ethyl adjacent to an activating group) is 1. The maximum atomic E-state index is 12.7. The predicted molar refractivity (Wildman–Crippen MR) is 77.8 cm³/mol. The Bertz CT molecular complexity index is 365. The molecule has 2 amide bonds. The number of amides is 2. The molecule has 1 atom stereocenters. The lowest BCUT2D eigenvalue weighted by molar-refractivity contribution is -0.137. The second-order valence-corrected chi connectivity index (χ2v) is 6.55. The summed E-state index contributed by atoms with van der Waals surface area (Å²) in [5, 5.41) is 8.85. The molecule has 1 aliphatic heterocycles. The maximum Gasteiger partial charge on any atom is 0.320 e. The molecule has 6 heteroatoms. The third-order valence-corrected chi connectivity index (χ3v) is 3.67. The minimum Gasteiger partial charge on any atom is -0.481 e. The van der Waals surface area contributed by atoms with Gasteiger partial charge in [0.1, 0.15) is 0 Å². The molecule has 0 radical (unpaired) electrons. The van der Waals surface area contributed by atoms with Gasteiger partial charge in [-0.2, -0.15) is 0 Å². The number of rotatable bonds is 3. The lowest BCUT2D eigenvalue weighted by Gasteiger charge is -2.44. The number of piperazine rings is 1. The number of nitrogens with zero attached hydrogens (tertiary/aromatic N) is 3. The fourth-order valence-electron chi connectivity index (χ4n) is 2.50. The van der Waals surface area contributed by atoms with Crippen LogP contribution in [-0.4, -0.2) is 76.6 Å². The molecule has 0 saturated carbocycles. The SMILES string of the molecule is CC1CN(C)CCN1C(=O)N(CCC(=O)O)C(C)(C)C. The van der Waals surface area contributed by atoms with Crippen molar-refractivity contribution in [1.29, 1.82) is 0 Å². The van der Waals surface area contributed by atoms with Crippen LogP contribution in [0.4, 0.5) is 4.79 Å². The molecule has 116 valence electrons. The van der Waals surface area contributed by atoms with Crippen LogP contribution in [0, 0.1) is 0 Å². The normalized spacial score (nSPS) is 20.9. The Morgan fingerprint density at radius 2 is 1.90 bits per heavy atom. The van der Waals surface area contributed by atoms with E-state index in [1.54, 1.807) is 4.90 Å². The zero-order chi connectivity index (χ0) is 15.5. The smallest absolute Gasteiger partial charge is 0.320 e. The third kappa shape index (κ3) is 4.37. The minimum atomic E-state index is -0.876. The molecule has 0 bridgehead atoms. The molecule has 0 spiro atoms. The van der Waals surface area contributed by atoms with Crippen molar-refractivity contribution in [2.75, 3.05) is 33.2 Å². The van der Waals surface area contributed by atoms with Crippen LogP contribution in [0.25, 0.3) is 0 Å². The van der Waals surface area contributed by atoms with Crippen molar-refractivity contribution in [2.45, 2.75) is 45.7 Å². The Morgan fingerprint density at radius 3 is 2.35 bits per heavy atom. The molecule has 1 rings (SSSR count). The van der Waals surface area contributed by atoms with Gasteiger partial charge in [-0.3, -0.25) is 4.79 Å². The monoisotopic (exact) mass is 285 g/mol. The first kappa shape index (κ1) is 16.8. The molecule has 6 nitrogen and oxygen atoms in total. The second-order valence-electron chi connectivity index (χ2n) is 6.55. The average molecular weight is 285 g/mol. The fourth-order valence-corrected chi connectivity index (χ4v) is 2.50. The Balaban J connectivity index is 2.79. The highest BCUT2D eigenvalue weighted by atomic mass is 16.4. The largest absolute Gasteiger partial charge is 0.481 e. The van der Waals surface area contributed by atoms with Crippen molar-refractivity contribution in [3.8, 4) is 0 Å². The van der Waals surface area contributed by atoms with Crippen molar-refractivity contribution in [2.24, 2.45) is 0 Å².